The second-order valence-corrected chi connectivity index (χ2v) is 6.08. The van der Waals surface area contributed by atoms with Gasteiger partial charge in [0.2, 0.25) is 5.91 Å². The first kappa shape index (κ1) is 22.8. The molecule has 0 saturated carbocycles. The van der Waals surface area contributed by atoms with Gasteiger partial charge in [0, 0.05) is 33.6 Å². The van der Waals surface area contributed by atoms with Crippen molar-refractivity contribution in [3.05, 3.63) is 35.4 Å². The van der Waals surface area contributed by atoms with Gasteiger partial charge in [-0.1, -0.05) is 24.3 Å². The predicted molar refractivity (Wildman–Crippen MR) is 98.3 cm³/mol. The lowest BCUT2D eigenvalue weighted by molar-refractivity contribution is -0.176. The van der Waals surface area contributed by atoms with Crippen LogP contribution in [0.1, 0.15) is 24.5 Å². The van der Waals surface area contributed by atoms with E-state index in [4.69, 9.17) is 0 Å². The van der Waals surface area contributed by atoms with E-state index < -0.39 is 12.8 Å². The first-order valence-corrected chi connectivity index (χ1v) is 8.66. The van der Waals surface area contributed by atoms with Crippen molar-refractivity contribution in [2.75, 3.05) is 33.8 Å². The Hall–Kier alpha value is -2.29. The van der Waals surface area contributed by atoms with Crippen LogP contribution in [0.25, 0.3) is 0 Å². The van der Waals surface area contributed by atoms with Crippen LogP contribution < -0.4 is 10.6 Å². The molecule has 1 rings (SSSR count). The minimum absolute atomic E-state index is 0.0293. The first-order valence-electron chi connectivity index (χ1n) is 8.66. The molecule has 0 heterocycles. The van der Waals surface area contributed by atoms with Gasteiger partial charge >= 0.3 is 6.18 Å². The monoisotopic (exact) mass is 388 g/mol. The number of rotatable bonds is 9. The van der Waals surface area contributed by atoms with Crippen LogP contribution >= 0.6 is 0 Å². The van der Waals surface area contributed by atoms with Crippen molar-refractivity contribution in [3.63, 3.8) is 0 Å². The number of ether oxygens (including phenoxy) is 1. The molecule has 0 aliphatic heterocycles. The van der Waals surface area contributed by atoms with Crippen LogP contribution in [0.2, 0.25) is 0 Å². The number of carbonyl (C=O) groups excluding carboxylic acids is 1. The van der Waals surface area contributed by atoms with E-state index in [1.165, 1.54) is 4.90 Å². The van der Waals surface area contributed by atoms with E-state index in [0.29, 0.717) is 37.6 Å². The summed E-state index contributed by atoms with van der Waals surface area (Å²) in [7, 11) is 3.42. The van der Waals surface area contributed by atoms with Gasteiger partial charge in [-0.05, 0) is 18.1 Å². The smallest absolute Gasteiger partial charge is 0.367 e. The number of hydrogen-bond acceptors (Lipinski definition) is 3. The highest BCUT2D eigenvalue weighted by Crippen LogP contribution is 2.16. The zero-order valence-corrected chi connectivity index (χ0v) is 15.9. The maximum Gasteiger partial charge on any atom is 0.411 e. The highest BCUT2D eigenvalue weighted by atomic mass is 19.4. The number of benzene rings is 1. The van der Waals surface area contributed by atoms with Crippen LogP contribution in [-0.2, 0) is 22.7 Å². The SMILES string of the molecule is CCNC(=NCc1ccc(COCC(F)(F)F)cc1)NCCC(=O)N(C)C. The fourth-order valence-electron chi connectivity index (χ4n) is 2.05. The van der Waals surface area contributed by atoms with Gasteiger partial charge in [0.15, 0.2) is 5.96 Å². The van der Waals surface area contributed by atoms with E-state index in [9.17, 15) is 18.0 Å². The lowest BCUT2D eigenvalue weighted by Crippen LogP contribution is -2.39. The Balaban J connectivity index is 2.49. The molecule has 2 N–H and O–H groups in total. The molecule has 0 saturated heterocycles. The number of guanidine groups is 1. The Labute approximate surface area is 157 Å². The molecule has 0 radical (unpaired) electrons. The van der Waals surface area contributed by atoms with Crippen LogP contribution in [0.4, 0.5) is 13.2 Å². The molecule has 0 fully saturated rings. The predicted octanol–water partition coefficient (Wildman–Crippen LogP) is 2.30. The van der Waals surface area contributed by atoms with E-state index in [-0.39, 0.29) is 12.5 Å². The summed E-state index contributed by atoms with van der Waals surface area (Å²) < 4.78 is 40.8. The number of halogens is 3. The minimum atomic E-state index is -4.32. The largest absolute Gasteiger partial charge is 0.411 e. The molecule has 27 heavy (non-hydrogen) atoms. The molecule has 0 atom stereocenters. The van der Waals surface area contributed by atoms with Crippen LogP contribution in [0, 0.1) is 0 Å². The van der Waals surface area contributed by atoms with Gasteiger partial charge in [-0.2, -0.15) is 13.2 Å². The van der Waals surface area contributed by atoms with Gasteiger partial charge in [-0.15, -0.1) is 0 Å². The number of amides is 1. The molecule has 9 heteroatoms. The molecule has 0 aliphatic rings. The summed E-state index contributed by atoms with van der Waals surface area (Å²) in [4.78, 5) is 17.5. The normalized spacial score (nSPS) is 12.0. The Kier molecular flexibility index (Phi) is 9.63. The summed E-state index contributed by atoms with van der Waals surface area (Å²) in [6.45, 7) is 2.15. The molecule has 0 bridgehead atoms. The van der Waals surface area contributed by atoms with E-state index in [0.717, 1.165) is 5.56 Å². The standard InChI is InChI=1S/C18H27F3N4O2/c1-4-22-17(23-10-9-16(26)25(2)3)24-11-14-5-7-15(8-6-14)12-27-13-18(19,20)21/h5-8H,4,9-13H2,1-3H3,(H2,22,23,24). The third-order valence-electron chi connectivity index (χ3n) is 3.45. The number of nitrogens with zero attached hydrogens (tertiary/aromatic N) is 2. The highest BCUT2D eigenvalue weighted by molar-refractivity contribution is 5.81. The Morgan fingerprint density at radius 3 is 2.33 bits per heavy atom. The summed E-state index contributed by atoms with van der Waals surface area (Å²) >= 11 is 0. The molecule has 1 aromatic carbocycles. The number of alkyl halides is 3. The van der Waals surface area contributed by atoms with E-state index in [2.05, 4.69) is 20.4 Å². The van der Waals surface area contributed by atoms with Gasteiger partial charge < -0.3 is 20.3 Å². The average Bonchev–Trinajstić information content (AvgIpc) is 2.59. The van der Waals surface area contributed by atoms with E-state index >= 15 is 0 Å². The Morgan fingerprint density at radius 2 is 1.78 bits per heavy atom. The molecule has 0 unspecified atom stereocenters. The molecular weight excluding hydrogens is 361 g/mol. The molecule has 1 amide bonds. The molecule has 1 aromatic rings. The number of nitrogens with one attached hydrogen (secondary N) is 2. The maximum atomic E-state index is 12.1. The summed E-state index contributed by atoms with van der Waals surface area (Å²) in [6, 6.07) is 7.04. The average molecular weight is 388 g/mol. The molecule has 0 aliphatic carbocycles. The van der Waals surface area contributed by atoms with Gasteiger partial charge in [0.1, 0.15) is 6.61 Å². The van der Waals surface area contributed by atoms with Crippen LogP contribution in [0.15, 0.2) is 29.3 Å². The van der Waals surface area contributed by atoms with Crippen molar-refractivity contribution < 1.29 is 22.7 Å². The van der Waals surface area contributed by atoms with E-state index in [1.807, 2.05) is 6.92 Å². The summed E-state index contributed by atoms with van der Waals surface area (Å²) in [5.41, 5.74) is 1.58. The van der Waals surface area contributed by atoms with Gasteiger partial charge in [-0.3, -0.25) is 4.79 Å². The fourth-order valence-corrected chi connectivity index (χ4v) is 2.05. The van der Waals surface area contributed by atoms with Crippen LogP contribution in [0.3, 0.4) is 0 Å². The summed E-state index contributed by atoms with van der Waals surface area (Å²) in [5.74, 6) is 0.628. The molecule has 0 spiro atoms. The molecule has 152 valence electrons. The molecule has 6 nitrogen and oxygen atoms in total. The number of carbonyl (C=O) groups is 1. The van der Waals surface area contributed by atoms with Crippen molar-refractivity contribution >= 4 is 11.9 Å². The van der Waals surface area contributed by atoms with Crippen molar-refractivity contribution in [2.45, 2.75) is 32.7 Å². The summed E-state index contributed by atoms with van der Waals surface area (Å²) in [5, 5.41) is 6.19. The second-order valence-electron chi connectivity index (χ2n) is 6.08. The summed E-state index contributed by atoms with van der Waals surface area (Å²) in [6.07, 6.45) is -3.95. The minimum Gasteiger partial charge on any atom is -0.367 e. The topological polar surface area (TPSA) is 66.0 Å². The maximum absolute atomic E-state index is 12.1. The van der Waals surface area contributed by atoms with Gasteiger partial charge in [0.25, 0.3) is 0 Å². The second kappa shape index (κ2) is 11.4. The zero-order valence-electron chi connectivity index (χ0n) is 15.9. The lowest BCUT2D eigenvalue weighted by Gasteiger charge is -2.13. The van der Waals surface area contributed by atoms with Gasteiger partial charge in [-0.25, -0.2) is 4.99 Å². The fraction of sp³-hybridized carbons (Fsp3) is 0.556. The third kappa shape index (κ3) is 10.4. The number of aliphatic imine (C=N–C) groups is 1. The van der Waals surface area contributed by atoms with E-state index in [1.54, 1.807) is 38.4 Å². The molecule has 0 aromatic heterocycles. The van der Waals surface area contributed by atoms with Crippen molar-refractivity contribution in [3.8, 4) is 0 Å². The van der Waals surface area contributed by atoms with Crippen molar-refractivity contribution in [2.24, 2.45) is 4.99 Å². The Bertz CT molecular complexity index is 602. The van der Waals surface area contributed by atoms with Crippen molar-refractivity contribution in [1.82, 2.24) is 15.5 Å². The molecular formula is C18H27F3N4O2. The lowest BCUT2D eigenvalue weighted by atomic mass is 10.1. The van der Waals surface area contributed by atoms with Crippen LogP contribution in [-0.4, -0.2) is 56.7 Å². The third-order valence-corrected chi connectivity index (χ3v) is 3.45. The number of hydrogen-bond donors (Lipinski definition) is 2. The first-order chi connectivity index (χ1) is 12.7. The van der Waals surface area contributed by atoms with Gasteiger partial charge in [0.05, 0.1) is 13.2 Å². The zero-order chi connectivity index (χ0) is 20.3. The Morgan fingerprint density at radius 1 is 1.15 bits per heavy atom. The quantitative estimate of drug-likeness (QED) is 0.503. The highest BCUT2D eigenvalue weighted by Gasteiger charge is 2.27. The van der Waals surface area contributed by atoms with Crippen LogP contribution in [0.5, 0.6) is 0 Å². The van der Waals surface area contributed by atoms with Crippen molar-refractivity contribution in [1.29, 1.82) is 0 Å².